The maximum absolute atomic E-state index is 13.1. The zero-order chi connectivity index (χ0) is 18.6. The number of hydrogen-bond donors (Lipinski definition) is 0. The predicted octanol–water partition coefficient (Wildman–Crippen LogP) is 2.49. The molecule has 1 aromatic carbocycles. The fourth-order valence-corrected chi connectivity index (χ4v) is 3.42. The summed E-state index contributed by atoms with van der Waals surface area (Å²) >= 11 is 3.46. The van der Waals surface area contributed by atoms with Crippen molar-refractivity contribution >= 4 is 21.7 Å². The van der Waals surface area contributed by atoms with Gasteiger partial charge in [-0.1, -0.05) is 22.0 Å². The summed E-state index contributed by atoms with van der Waals surface area (Å²) in [6.45, 7) is 3.79. The predicted molar refractivity (Wildman–Crippen MR) is 103 cm³/mol. The number of morpholine rings is 1. The van der Waals surface area contributed by atoms with Gasteiger partial charge in [0.25, 0.3) is 0 Å². The summed E-state index contributed by atoms with van der Waals surface area (Å²) in [5, 5.41) is 8.35. The highest BCUT2D eigenvalue weighted by molar-refractivity contribution is 9.10. The van der Waals surface area contributed by atoms with Crippen molar-refractivity contribution in [2.75, 3.05) is 26.3 Å². The number of carbonyl (C=O) groups is 1. The monoisotopic (exact) mass is 427 g/mol. The highest BCUT2D eigenvalue weighted by atomic mass is 79.9. The van der Waals surface area contributed by atoms with Crippen molar-refractivity contribution in [3.63, 3.8) is 0 Å². The number of nitrogens with zero attached hydrogens (tertiary/aromatic N) is 5. The standard InChI is InChI=1S/C19H18BrN5O2/c20-14-4-5-17(15(11-14)19(26)16-3-1-2-6-21-16)25-13-22-23-18(25)12-24-7-9-27-10-8-24/h1-6,11,13H,7-10,12H2. The van der Waals surface area contributed by atoms with E-state index in [1.807, 2.05) is 22.8 Å². The summed E-state index contributed by atoms with van der Waals surface area (Å²) in [6.07, 6.45) is 3.27. The van der Waals surface area contributed by atoms with Gasteiger partial charge in [-0.05, 0) is 30.3 Å². The van der Waals surface area contributed by atoms with Gasteiger partial charge in [-0.3, -0.25) is 19.2 Å². The largest absolute Gasteiger partial charge is 0.379 e. The first-order chi connectivity index (χ1) is 13.2. The molecule has 3 aromatic rings. The molecule has 0 saturated carbocycles. The summed E-state index contributed by atoms with van der Waals surface area (Å²) in [5.74, 6) is 0.646. The average Bonchev–Trinajstić information content (AvgIpc) is 3.16. The Labute approximate surface area is 165 Å². The fraction of sp³-hybridized carbons (Fsp3) is 0.263. The lowest BCUT2D eigenvalue weighted by Crippen LogP contribution is -2.36. The van der Waals surface area contributed by atoms with E-state index < -0.39 is 0 Å². The van der Waals surface area contributed by atoms with Gasteiger partial charge in [0.1, 0.15) is 12.0 Å². The van der Waals surface area contributed by atoms with Crippen LogP contribution in [0.25, 0.3) is 5.69 Å². The minimum Gasteiger partial charge on any atom is -0.379 e. The second-order valence-electron chi connectivity index (χ2n) is 6.21. The molecule has 0 atom stereocenters. The number of ether oxygens (including phenoxy) is 1. The smallest absolute Gasteiger partial charge is 0.213 e. The van der Waals surface area contributed by atoms with Crippen molar-refractivity contribution in [2.45, 2.75) is 6.54 Å². The van der Waals surface area contributed by atoms with Crippen molar-refractivity contribution in [1.82, 2.24) is 24.6 Å². The zero-order valence-electron chi connectivity index (χ0n) is 14.6. The number of rotatable bonds is 5. The molecule has 138 valence electrons. The summed E-state index contributed by atoms with van der Waals surface area (Å²) in [6, 6.07) is 10.9. The summed E-state index contributed by atoms with van der Waals surface area (Å²) in [5.41, 5.74) is 1.69. The van der Waals surface area contributed by atoms with Gasteiger partial charge in [-0.15, -0.1) is 10.2 Å². The van der Waals surface area contributed by atoms with Crippen LogP contribution in [0.15, 0.2) is 53.4 Å². The van der Waals surface area contributed by atoms with Gasteiger partial charge in [0, 0.05) is 29.3 Å². The van der Waals surface area contributed by atoms with E-state index in [2.05, 4.69) is 36.0 Å². The van der Waals surface area contributed by atoms with Gasteiger partial charge >= 0.3 is 0 Å². The van der Waals surface area contributed by atoms with E-state index in [1.165, 1.54) is 0 Å². The maximum atomic E-state index is 13.1. The van der Waals surface area contributed by atoms with E-state index in [9.17, 15) is 4.79 Å². The maximum Gasteiger partial charge on any atom is 0.213 e. The first-order valence-electron chi connectivity index (χ1n) is 8.67. The van der Waals surface area contributed by atoms with Crippen molar-refractivity contribution in [2.24, 2.45) is 0 Å². The number of halogens is 1. The Balaban J connectivity index is 1.71. The fourth-order valence-electron chi connectivity index (χ4n) is 3.06. The molecule has 1 aliphatic heterocycles. The molecule has 0 aliphatic carbocycles. The third kappa shape index (κ3) is 3.97. The molecule has 1 fully saturated rings. The topological polar surface area (TPSA) is 73.1 Å². The minimum atomic E-state index is -0.141. The first-order valence-corrected chi connectivity index (χ1v) is 9.46. The summed E-state index contributed by atoms with van der Waals surface area (Å²) in [7, 11) is 0. The molecule has 0 amide bonds. The summed E-state index contributed by atoms with van der Waals surface area (Å²) in [4.78, 5) is 19.5. The van der Waals surface area contributed by atoms with Crippen LogP contribution < -0.4 is 0 Å². The second kappa shape index (κ2) is 8.08. The SMILES string of the molecule is O=C(c1ccccn1)c1cc(Br)ccc1-n1cnnc1CN1CCOCC1. The van der Waals surface area contributed by atoms with Crippen LogP contribution in [-0.4, -0.2) is 56.7 Å². The van der Waals surface area contributed by atoms with E-state index in [0.717, 1.165) is 42.3 Å². The molecule has 4 rings (SSSR count). The van der Waals surface area contributed by atoms with Gasteiger partial charge in [0.15, 0.2) is 5.82 Å². The molecule has 7 nitrogen and oxygen atoms in total. The van der Waals surface area contributed by atoms with Crippen molar-refractivity contribution < 1.29 is 9.53 Å². The highest BCUT2D eigenvalue weighted by Crippen LogP contribution is 2.24. The van der Waals surface area contributed by atoms with Gasteiger partial charge in [-0.2, -0.15) is 0 Å². The van der Waals surface area contributed by atoms with Crippen LogP contribution >= 0.6 is 15.9 Å². The Bertz CT molecular complexity index is 938. The Kier molecular flexibility index (Phi) is 5.38. The van der Waals surface area contributed by atoms with Crippen molar-refractivity contribution in [3.05, 3.63) is 70.5 Å². The molecule has 27 heavy (non-hydrogen) atoms. The number of ketones is 1. The van der Waals surface area contributed by atoms with E-state index in [1.54, 1.807) is 30.7 Å². The Morgan fingerprint density at radius 1 is 1.19 bits per heavy atom. The molecule has 0 unspecified atom stereocenters. The average molecular weight is 428 g/mol. The van der Waals surface area contributed by atoms with E-state index in [0.29, 0.717) is 17.8 Å². The molecule has 1 saturated heterocycles. The highest BCUT2D eigenvalue weighted by Gasteiger charge is 2.20. The zero-order valence-corrected chi connectivity index (χ0v) is 16.2. The van der Waals surface area contributed by atoms with E-state index >= 15 is 0 Å². The lowest BCUT2D eigenvalue weighted by molar-refractivity contribution is 0.0328. The number of hydrogen-bond acceptors (Lipinski definition) is 6. The summed E-state index contributed by atoms with van der Waals surface area (Å²) < 4.78 is 8.11. The Morgan fingerprint density at radius 3 is 2.81 bits per heavy atom. The van der Waals surface area contributed by atoms with E-state index in [-0.39, 0.29) is 5.78 Å². The van der Waals surface area contributed by atoms with Gasteiger partial charge < -0.3 is 4.74 Å². The third-order valence-corrected chi connectivity index (χ3v) is 4.94. The van der Waals surface area contributed by atoms with Crippen LogP contribution in [0.1, 0.15) is 21.9 Å². The number of pyridine rings is 1. The lowest BCUT2D eigenvalue weighted by atomic mass is 10.1. The van der Waals surface area contributed by atoms with Crippen molar-refractivity contribution in [3.8, 4) is 5.69 Å². The molecular weight excluding hydrogens is 410 g/mol. The van der Waals surface area contributed by atoms with Crippen LogP contribution in [0.3, 0.4) is 0 Å². The Morgan fingerprint density at radius 2 is 2.04 bits per heavy atom. The number of aromatic nitrogens is 4. The van der Waals surface area contributed by atoms with Gasteiger partial charge in [0.05, 0.1) is 25.4 Å². The van der Waals surface area contributed by atoms with Crippen LogP contribution in [0.4, 0.5) is 0 Å². The second-order valence-corrected chi connectivity index (χ2v) is 7.13. The molecule has 8 heteroatoms. The quantitative estimate of drug-likeness (QED) is 0.582. The van der Waals surface area contributed by atoms with Crippen LogP contribution in [0.5, 0.6) is 0 Å². The lowest BCUT2D eigenvalue weighted by Gasteiger charge is -2.26. The van der Waals surface area contributed by atoms with Crippen LogP contribution in [-0.2, 0) is 11.3 Å². The normalized spacial score (nSPS) is 15.0. The molecule has 0 radical (unpaired) electrons. The first kappa shape index (κ1) is 18.0. The molecule has 1 aliphatic rings. The van der Waals surface area contributed by atoms with Crippen molar-refractivity contribution in [1.29, 1.82) is 0 Å². The molecular formula is C19H18BrN5O2. The van der Waals surface area contributed by atoms with Crippen LogP contribution in [0, 0.1) is 0 Å². The molecule has 0 spiro atoms. The van der Waals surface area contributed by atoms with Gasteiger partial charge in [0.2, 0.25) is 5.78 Å². The minimum absolute atomic E-state index is 0.141. The molecule has 3 heterocycles. The third-order valence-electron chi connectivity index (χ3n) is 4.45. The Hall–Kier alpha value is -2.42. The van der Waals surface area contributed by atoms with Crippen LogP contribution in [0.2, 0.25) is 0 Å². The number of carbonyl (C=O) groups excluding carboxylic acids is 1. The van der Waals surface area contributed by atoms with Gasteiger partial charge in [-0.25, -0.2) is 0 Å². The molecule has 0 bridgehead atoms. The van der Waals surface area contributed by atoms with E-state index in [4.69, 9.17) is 4.74 Å². The molecule has 2 aromatic heterocycles. The number of benzene rings is 1. The molecule has 0 N–H and O–H groups in total.